The van der Waals surface area contributed by atoms with E-state index in [-0.39, 0.29) is 0 Å². The van der Waals surface area contributed by atoms with Crippen molar-refractivity contribution in [2.24, 2.45) is 23.0 Å². The Labute approximate surface area is 119 Å². The van der Waals surface area contributed by atoms with Crippen LogP contribution in [0.2, 0.25) is 0 Å². The van der Waals surface area contributed by atoms with Crippen LogP contribution in [0.4, 0.5) is 0 Å². The number of nitrogens with one attached hydrogen (secondary N) is 1. The van der Waals surface area contributed by atoms with Crippen LogP contribution in [0.5, 0.6) is 0 Å². The van der Waals surface area contributed by atoms with Crippen molar-refractivity contribution in [1.29, 1.82) is 0 Å². The topological polar surface area (TPSA) is 47.3 Å². The van der Waals surface area contributed by atoms with Gasteiger partial charge in [-0.3, -0.25) is 0 Å². The zero-order valence-corrected chi connectivity index (χ0v) is 13.4. The molecule has 0 aromatic carbocycles. The van der Waals surface area contributed by atoms with Crippen LogP contribution in [-0.4, -0.2) is 32.3 Å². The maximum absolute atomic E-state index is 5.72. The van der Waals surface area contributed by atoms with E-state index >= 15 is 0 Å². The molecule has 19 heavy (non-hydrogen) atoms. The maximum Gasteiger partial charge on any atom is 0.0588 e. The molecule has 1 fully saturated rings. The molecule has 0 bridgehead atoms. The summed E-state index contributed by atoms with van der Waals surface area (Å²) in [5.41, 5.74) is 6.11. The van der Waals surface area contributed by atoms with Crippen LogP contribution in [0.25, 0.3) is 0 Å². The number of hydrogen-bond acceptors (Lipinski definition) is 3. The summed E-state index contributed by atoms with van der Waals surface area (Å²) in [7, 11) is 0. The molecule has 3 atom stereocenters. The molecule has 1 aliphatic rings. The summed E-state index contributed by atoms with van der Waals surface area (Å²) in [6.45, 7) is 13.2. The van der Waals surface area contributed by atoms with Crippen molar-refractivity contribution in [3.05, 3.63) is 0 Å². The van der Waals surface area contributed by atoms with Crippen LogP contribution in [0, 0.1) is 17.3 Å². The van der Waals surface area contributed by atoms with E-state index in [4.69, 9.17) is 10.5 Å². The van der Waals surface area contributed by atoms with E-state index in [1.807, 2.05) is 0 Å². The summed E-state index contributed by atoms with van der Waals surface area (Å²) >= 11 is 0. The highest BCUT2D eigenvalue weighted by molar-refractivity contribution is 4.76. The van der Waals surface area contributed by atoms with Crippen LogP contribution in [0.1, 0.15) is 53.4 Å². The normalized spacial score (nSPS) is 25.7. The van der Waals surface area contributed by atoms with Gasteiger partial charge >= 0.3 is 0 Å². The summed E-state index contributed by atoms with van der Waals surface area (Å²) in [4.78, 5) is 0. The van der Waals surface area contributed by atoms with Gasteiger partial charge in [0.15, 0.2) is 0 Å². The highest BCUT2D eigenvalue weighted by Gasteiger charge is 2.24. The molecule has 0 aliphatic carbocycles. The monoisotopic (exact) mass is 270 g/mol. The Bertz CT molecular complexity index is 237. The molecule has 0 aromatic rings. The van der Waals surface area contributed by atoms with Gasteiger partial charge in [0.2, 0.25) is 0 Å². The van der Waals surface area contributed by atoms with E-state index in [9.17, 15) is 0 Å². The molecule has 114 valence electrons. The lowest BCUT2D eigenvalue weighted by atomic mass is 9.76. The predicted molar refractivity (Wildman–Crippen MR) is 82.2 cm³/mol. The highest BCUT2D eigenvalue weighted by atomic mass is 16.5. The van der Waals surface area contributed by atoms with E-state index in [1.165, 1.54) is 19.3 Å². The van der Waals surface area contributed by atoms with E-state index < -0.39 is 0 Å². The van der Waals surface area contributed by atoms with Crippen LogP contribution in [-0.2, 0) is 4.74 Å². The minimum absolute atomic E-state index is 0.382. The minimum atomic E-state index is 0.382. The van der Waals surface area contributed by atoms with Crippen molar-refractivity contribution >= 4 is 0 Å². The molecule has 1 heterocycles. The number of rotatable bonds is 8. The largest absolute Gasteiger partial charge is 0.378 e. The third kappa shape index (κ3) is 6.24. The third-order valence-electron chi connectivity index (χ3n) is 4.59. The number of hydrogen-bond donors (Lipinski definition) is 2. The Morgan fingerprint density at radius 1 is 1.32 bits per heavy atom. The molecule has 0 spiro atoms. The van der Waals surface area contributed by atoms with Gasteiger partial charge in [0.1, 0.15) is 0 Å². The van der Waals surface area contributed by atoms with Gasteiger partial charge in [0.05, 0.1) is 6.10 Å². The first-order chi connectivity index (χ1) is 8.95. The Morgan fingerprint density at radius 3 is 2.58 bits per heavy atom. The molecular formula is C16H34N2O. The van der Waals surface area contributed by atoms with Crippen LogP contribution in [0.3, 0.4) is 0 Å². The van der Waals surface area contributed by atoms with Crippen molar-refractivity contribution in [1.82, 2.24) is 5.32 Å². The minimum Gasteiger partial charge on any atom is -0.378 e. The van der Waals surface area contributed by atoms with Crippen molar-refractivity contribution < 1.29 is 4.74 Å². The van der Waals surface area contributed by atoms with E-state index in [1.54, 1.807) is 0 Å². The molecule has 0 aromatic heterocycles. The molecular weight excluding hydrogens is 236 g/mol. The smallest absolute Gasteiger partial charge is 0.0588 e. The van der Waals surface area contributed by atoms with Gasteiger partial charge in [-0.1, -0.05) is 20.8 Å². The second-order valence-electron chi connectivity index (χ2n) is 7.11. The van der Waals surface area contributed by atoms with Crippen molar-refractivity contribution in [3.63, 3.8) is 0 Å². The summed E-state index contributed by atoms with van der Waals surface area (Å²) < 4.78 is 5.58. The zero-order chi connectivity index (χ0) is 14.3. The van der Waals surface area contributed by atoms with Gasteiger partial charge in [0.25, 0.3) is 0 Å². The second-order valence-corrected chi connectivity index (χ2v) is 7.11. The molecule has 3 heteroatoms. The SMILES string of the molecule is CC1OCCC1CNCCCC(CCN)C(C)(C)C. The fraction of sp³-hybridized carbons (Fsp3) is 1.00. The van der Waals surface area contributed by atoms with Gasteiger partial charge in [-0.05, 0) is 62.9 Å². The lowest BCUT2D eigenvalue weighted by Crippen LogP contribution is -2.29. The second kappa shape index (κ2) is 8.23. The van der Waals surface area contributed by atoms with E-state index in [2.05, 4.69) is 33.0 Å². The standard InChI is InChI=1S/C16H34N2O/c1-13-14(8-11-19-13)12-18-10-5-6-15(7-9-17)16(2,3)4/h13-15,18H,5-12,17H2,1-4H3. The van der Waals surface area contributed by atoms with Crippen LogP contribution in [0.15, 0.2) is 0 Å². The quantitative estimate of drug-likeness (QED) is 0.667. The Balaban J connectivity index is 2.11. The summed E-state index contributed by atoms with van der Waals surface area (Å²) in [5.74, 6) is 1.45. The van der Waals surface area contributed by atoms with Gasteiger partial charge in [-0.2, -0.15) is 0 Å². The molecule has 1 rings (SSSR count). The first-order valence-electron chi connectivity index (χ1n) is 7.97. The lowest BCUT2D eigenvalue weighted by Gasteiger charge is -2.30. The molecule has 1 aliphatic heterocycles. The Hall–Kier alpha value is -0.120. The van der Waals surface area contributed by atoms with Crippen molar-refractivity contribution in [2.45, 2.75) is 59.5 Å². The fourth-order valence-electron chi connectivity index (χ4n) is 3.02. The average molecular weight is 270 g/mol. The maximum atomic E-state index is 5.72. The molecule has 3 unspecified atom stereocenters. The molecule has 3 N–H and O–H groups in total. The molecule has 0 radical (unpaired) electrons. The van der Waals surface area contributed by atoms with Crippen LogP contribution >= 0.6 is 0 Å². The van der Waals surface area contributed by atoms with Gasteiger partial charge in [-0.15, -0.1) is 0 Å². The van der Waals surface area contributed by atoms with E-state index in [0.717, 1.165) is 38.6 Å². The third-order valence-corrected chi connectivity index (χ3v) is 4.59. The molecule has 0 amide bonds. The Kier molecular flexibility index (Phi) is 7.33. The number of nitrogens with two attached hydrogens (primary N) is 1. The zero-order valence-electron chi connectivity index (χ0n) is 13.4. The summed E-state index contributed by atoms with van der Waals surface area (Å²) in [5, 5.41) is 3.60. The van der Waals surface area contributed by atoms with Gasteiger partial charge in [-0.25, -0.2) is 0 Å². The Morgan fingerprint density at radius 2 is 2.05 bits per heavy atom. The van der Waals surface area contributed by atoms with Gasteiger partial charge < -0.3 is 15.8 Å². The highest BCUT2D eigenvalue weighted by Crippen LogP contribution is 2.31. The molecule has 0 saturated carbocycles. The van der Waals surface area contributed by atoms with Crippen molar-refractivity contribution in [3.8, 4) is 0 Å². The van der Waals surface area contributed by atoms with Crippen molar-refractivity contribution in [2.75, 3.05) is 26.2 Å². The average Bonchev–Trinajstić information content (AvgIpc) is 2.72. The van der Waals surface area contributed by atoms with E-state index in [0.29, 0.717) is 17.4 Å². The summed E-state index contributed by atoms with van der Waals surface area (Å²) in [6, 6.07) is 0. The molecule has 1 saturated heterocycles. The predicted octanol–water partition coefficient (Wildman–Crippen LogP) is 2.79. The fourth-order valence-corrected chi connectivity index (χ4v) is 3.02. The van der Waals surface area contributed by atoms with Crippen LogP contribution < -0.4 is 11.1 Å². The first-order valence-corrected chi connectivity index (χ1v) is 7.97. The first kappa shape index (κ1) is 16.9. The molecule has 3 nitrogen and oxygen atoms in total. The summed E-state index contributed by atoms with van der Waals surface area (Å²) in [6.07, 6.45) is 5.34. The number of ether oxygens (including phenoxy) is 1. The lowest BCUT2D eigenvalue weighted by molar-refractivity contribution is 0.105. The van der Waals surface area contributed by atoms with Gasteiger partial charge in [0, 0.05) is 13.2 Å².